The number of hydrogen-bond donors (Lipinski definition) is 2. The number of nitrogens with one attached hydrogen (secondary N) is 1. The summed E-state index contributed by atoms with van der Waals surface area (Å²) in [5, 5.41) is 10.9. The van der Waals surface area contributed by atoms with Gasteiger partial charge in [-0.15, -0.1) is 12.4 Å². The first-order valence-corrected chi connectivity index (χ1v) is 7.91. The van der Waals surface area contributed by atoms with E-state index in [1.807, 2.05) is 0 Å². The lowest BCUT2D eigenvalue weighted by Crippen LogP contribution is -2.41. The molecular weight excluding hydrogens is 337 g/mol. The number of rotatable bonds is 6. The van der Waals surface area contributed by atoms with Gasteiger partial charge in [0, 0.05) is 18.7 Å². The van der Waals surface area contributed by atoms with Crippen molar-refractivity contribution in [2.75, 3.05) is 6.54 Å². The van der Waals surface area contributed by atoms with Crippen LogP contribution in [0.1, 0.15) is 18.4 Å². The summed E-state index contributed by atoms with van der Waals surface area (Å²) in [5.74, 6) is -0.754. The third kappa shape index (κ3) is 3.92. The number of hydrogen-bond acceptors (Lipinski definition) is 5. The first-order valence-electron chi connectivity index (χ1n) is 6.43. The molecule has 1 aromatic rings. The predicted octanol–water partition coefficient (Wildman–Crippen LogP) is 1.48. The fourth-order valence-electron chi connectivity index (χ4n) is 2.09. The molecule has 124 valence electrons. The van der Waals surface area contributed by atoms with Gasteiger partial charge in [-0.05, 0) is 31.7 Å². The van der Waals surface area contributed by atoms with Crippen molar-refractivity contribution in [2.45, 2.75) is 30.7 Å². The van der Waals surface area contributed by atoms with Gasteiger partial charge in [-0.2, -0.15) is 0 Å². The van der Waals surface area contributed by atoms with Gasteiger partial charge in [-0.1, -0.05) is 0 Å². The molecule has 0 aliphatic heterocycles. The van der Waals surface area contributed by atoms with E-state index in [9.17, 15) is 22.9 Å². The molecule has 7 nitrogen and oxygen atoms in total. The van der Waals surface area contributed by atoms with Crippen LogP contribution in [0.25, 0.3) is 0 Å². The van der Waals surface area contributed by atoms with Gasteiger partial charge in [0.05, 0.1) is 15.4 Å². The van der Waals surface area contributed by atoms with E-state index in [1.54, 1.807) is 0 Å². The minimum atomic E-state index is -4.05. The van der Waals surface area contributed by atoms with E-state index in [2.05, 4.69) is 4.72 Å². The van der Waals surface area contributed by atoms with Gasteiger partial charge in [-0.3, -0.25) is 10.1 Å². The third-order valence-electron chi connectivity index (χ3n) is 3.55. The zero-order chi connectivity index (χ0) is 15.8. The van der Waals surface area contributed by atoms with Crippen molar-refractivity contribution in [1.82, 2.24) is 4.72 Å². The molecule has 0 spiro atoms. The van der Waals surface area contributed by atoms with Crippen molar-refractivity contribution in [3.8, 4) is 0 Å². The molecule has 1 aromatic carbocycles. The molecule has 0 bridgehead atoms. The number of benzene rings is 1. The second-order valence-electron chi connectivity index (χ2n) is 5.11. The Bertz CT molecular complexity index is 679. The maximum absolute atomic E-state index is 13.7. The van der Waals surface area contributed by atoms with Crippen LogP contribution in [0.4, 0.5) is 10.1 Å². The van der Waals surface area contributed by atoms with E-state index in [-0.39, 0.29) is 30.4 Å². The summed E-state index contributed by atoms with van der Waals surface area (Å²) in [6.07, 6.45) is 1.76. The van der Waals surface area contributed by atoms with Gasteiger partial charge in [-0.25, -0.2) is 17.5 Å². The van der Waals surface area contributed by atoms with Crippen LogP contribution in [-0.2, 0) is 10.0 Å². The number of nitro benzene ring substituents is 1. The van der Waals surface area contributed by atoms with E-state index >= 15 is 0 Å². The monoisotopic (exact) mass is 353 g/mol. The normalized spacial score (nSPS) is 16.0. The fraction of sp³-hybridized carbons (Fsp3) is 0.500. The molecule has 1 atom stereocenters. The molecule has 22 heavy (non-hydrogen) atoms. The molecule has 1 aliphatic carbocycles. The molecular formula is C12H17ClFN3O4S. The average molecular weight is 354 g/mol. The van der Waals surface area contributed by atoms with Crippen molar-refractivity contribution in [1.29, 1.82) is 0 Å². The number of nitrogens with two attached hydrogens (primary N) is 1. The summed E-state index contributed by atoms with van der Waals surface area (Å²) < 4.78 is 40.5. The first-order chi connectivity index (χ1) is 9.76. The summed E-state index contributed by atoms with van der Waals surface area (Å²) in [6.45, 7) is 1.35. The standard InChI is InChI=1S/C12H16FN3O4S.ClH/c1-7-10(13)4-9(5-12(7)16(17)18)21(19,20)15-11(6-14)8-2-3-8;/h4-5,8,11,15H,2-3,6,14H2,1H3;1H. The number of sulfonamides is 1. The van der Waals surface area contributed by atoms with Crippen LogP contribution in [0.3, 0.4) is 0 Å². The van der Waals surface area contributed by atoms with E-state index in [0.717, 1.165) is 25.0 Å². The Labute approximate surface area is 133 Å². The SMILES string of the molecule is Cc1c(F)cc(S(=O)(=O)NC(CN)C2CC2)cc1[N+](=O)[O-].Cl. The maximum atomic E-state index is 13.7. The highest BCUT2D eigenvalue weighted by atomic mass is 35.5. The molecule has 2 rings (SSSR count). The molecule has 1 unspecified atom stereocenters. The Kier molecular flexibility index (Phi) is 5.85. The molecule has 10 heteroatoms. The predicted molar refractivity (Wildman–Crippen MR) is 80.9 cm³/mol. The molecule has 0 radical (unpaired) electrons. The Morgan fingerprint density at radius 3 is 2.55 bits per heavy atom. The molecule has 0 heterocycles. The molecule has 0 saturated heterocycles. The highest BCUT2D eigenvalue weighted by Crippen LogP contribution is 2.33. The van der Waals surface area contributed by atoms with Crippen LogP contribution in [0.2, 0.25) is 0 Å². The summed E-state index contributed by atoms with van der Waals surface area (Å²) in [4.78, 5) is 9.58. The smallest absolute Gasteiger partial charge is 0.276 e. The van der Waals surface area contributed by atoms with Crippen molar-refractivity contribution >= 4 is 28.1 Å². The fourth-order valence-corrected chi connectivity index (χ4v) is 3.44. The average Bonchev–Trinajstić information content (AvgIpc) is 3.22. The lowest BCUT2D eigenvalue weighted by Gasteiger charge is -2.16. The minimum absolute atomic E-state index is 0. The third-order valence-corrected chi connectivity index (χ3v) is 5.02. The molecule has 1 fully saturated rings. The van der Waals surface area contributed by atoms with Crippen LogP contribution < -0.4 is 10.5 Å². The largest absolute Gasteiger partial charge is 0.329 e. The highest BCUT2D eigenvalue weighted by Gasteiger charge is 2.34. The van der Waals surface area contributed by atoms with Crippen LogP contribution in [0, 0.1) is 28.8 Å². The van der Waals surface area contributed by atoms with Gasteiger partial charge >= 0.3 is 0 Å². The first kappa shape index (κ1) is 18.8. The lowest BCUT2D eigenvalue weighted by atomic mass is 10.2. The summed E-state index contributed by atoms with van der Waals surface area (Å²) in [7, 11) is -4.05. The Morgan fingerprint density at radius 1 is 1.50 bits per heavy atom. The second kappa shape index (κ2) is 6.86. The number of halogens is 2. The molecule has 0 amide bonds. The topological polar surface area (TPSA) is 115 Å². The van der Waals surface area contributed by atoms with E-state index < -0.39 is 37.4 Å². The van der Waals surface area contributed by atoms with Crippen LogP contribution in [0.5, 0.6) is 0 Å². The Hall–Kier alpha value is -1.29. The molecule has 1 saturated carbocycles. The van der Waals surface area contributed by atoms with Gasteiger partial charge in [0.2, 0.25) is 10.0 Å². The van der Waals surface area contributed by atoms with Crippen LogP contribution in [-0.4, -0.2) is 25.9 Å². The van der Waals surface area contributed by atoms with Gasteiger partial charge in [0.25, 0.3) is 5.69 Å². The second-order valence-corrected chi connectivity index (χ2v) is 6.82. The van der Waals surface area contributed by atoms with Crippen LogP contribution >= 0.6 is 12.4 Å². The van der Waals surface area contributed by atoms with Crippen LogP contribution in [0.15, 0.2) is 17.0 Å². The highest BCUT2D eigenvalue weighted by molar-refractivity contribution is 7.89. The Morgan fingerprint density at radius 2 is 2.09 bits per heavy atom. The van der Waals surface area contributed by atoms with Gasteiger partial charge in [0.1, 0.15) is 5.82 Å². The zero-order valence-electron chi connectivity index (χ0n) is 11.8. The van der Waals surface area contributed by atoms with Crippen molar-refractivity contribution in [3.63, 3.8) is 0 Å². The Balaban J connectivity index is 0.00000242. The van der Waals surface area contributed by atoms with Crippen molar-refractivity contribution < 1.29 is 17.7 Å². The minimum Gasteiger partial charge on any atom is -0.329 e. The summed E-state index contributed by atoms with van der Waals surface area (Å²) >= 11 is 0. The summed E-state index contributed by atoms with van der Waals surface area (Å²) in [6, 6.07) is 1.21. The molecule has 3 N–H and O–H groups in total. The van der Waals surface area contributed by atoms with Gasteiger partial charge in [0.15, 0.2) is 0 Å². The summed E-state index contributed by atoms with van der Waals surface area (Å²) in [5.41, 5.74) is 4.76. The number of nitrogens with zero attached hydrogens (tertiary/aromatic N) is 1. The molecule has 0 aromatic heterocycles. The molecule has 1 aliphatic rings. The number of nitro groups is 1. The maximum Gasteiger partial charge on any atom is 0.276 e. The lowest BCUT2D eigenvalue weighted by molar-refractivity contribution is -0.385. The van der Waals surface area contributed by atoms with E-state index in [0.29, 0.717) is 0 Å². The van der Waals surface area contributed by atoms with Crippen molar-refractivity contribution in [3.05, 3.63) is 33.6 Å². The van der Waals surface area contributed by atoms with E-state index in [4.69, 9.17) is 5.73 Å². The van der Waals surface area contributed by atoms with Crippen molar-refractivity contribution in [2.24, 2.45) is 11.7 Å². The van der Waals surface area contributed by atoms with E-state index in [1.165, 1.54) is 6.92 Å². The quantitative estimate of drug-likeness (QED) is 0.593. The van der Waals surface area contributed by atoms with Gasteiger partial charge < -0.3 is 5.73 Å². The zero-order valence-corrected chi connectivity index (χ0v) is 13.4.